The molecule has 1 aliphatic heterocycles. The van der Waals surface area contributed by atoms with Gasteiger partial charge in [0.25, 0.3) is 11.1 Å². The van der Waals surface area contributed by atoms with Gasteiger partial charge in [-0.1, -0.05) is 11.8 Å². The minimum Gasteiger partial charge on any atom is -0.350 e. The molecule has 0 bridgehead atoms. The van der Waals surface area contributed by atoms with Gasteiger partial charge in [0.1, 0.15) is 0 Å². The van der Waals surface area contributed by atoms with E-state index >= 15 is 0 Å². The van der Waals surface area contributed by atoms with Crippen LogP contribution in [-0.2, 0) is 4.79 Å². The maximum Gasteiger partial charge on any atom is 0.288 e. The number of thioether (sulfide) groups is 1. The van der Waals surface area contributed by atoms with Crippen LogP contribution in [-0.4, -0.2) is 45.4 Å². The molecule has 0 unspecified atom stereocenters. The first-order valence-corrected chi connectivity index (χ1v) is 8.12. The number of nitrogens with zero attached hydrogens (tertiary/aromatic N) is 2. The number of nitrogens with one attached hydrogen (secondary N) is 1. The third-order valence-corrected chi connectivity index (χ3v) is 4.35. The Morgan fingerprint density at radius 3 is 2.43 bits per heavy atom. The summed E-state index contributed by atoms with van der Waals surface area (Å²) in [6, 6.07) is 11.1. The Balaban J connectivity index is 1.54. The zero-order valence-electron chi connectivity index (χ0n) is 12.3. The van der Waals surface area contributed by atoms with Crippen LogP contribution in [0.5, 0.6) is 0 Å². The molecule has 0 aliphatic carbocycles. The van der Waals surface area contributed by atoms with Crippen LogP contribution < -0.4 is 5.32 Å². The molecule has 0 atom stereocenters. The highest BCUT2D eigenvalue weighted by molar-refractivity contribution is 8.14. The van der Waals surface area contributed by atoms with E-state index in [1.165, 1.54) is 4.90 Å². The fourth-order valence-corrected chi connectivity index (χ4v) is 3.02. The molecule has 0 radical (unpaired) electrons. The van der Waals surface area contributed by atoms with Crippen LogP contribution in [0.3, 0.4) is 0 Å². The molecule has 6 nitrogen and oxygen atoms in total. The SMILES string of the molecule is O=C(NCCN1C(=O)CSC1=O)c1ccc(-n2cccc2)cc1. The van der Waals surface area contributed by atoms with E-state index in [4.69, 9.17) is 0 Å². The number of rotatable bonds is 5. The molecule has 1 aromatic carbocycles. The average Bonchev–Trinajstić information content (AvgIpc) is 3.20. The van der Waals surface area contributed by atoms with Gasteiger partial charge in [0.05, 0.1) is 5.75 Å². The summed E-state index contributed by atoms with van der Waals surface area (Å²) in [4.78, 5) is 36.1. The number of imide groups is 1. The van der Waals surface area contributed by atoms with Crippen molar-refractivity contribution in [2.75, 3.05) is 18.8 Å². The molecule has 1 N–H and O–H groups in total. The van der Waals surface area contributed by atoms with E-state index in [1.54, 1.807) is 12.1 Å². The number of aromatic nitrogens is 1. The van der Waals surface area contributed by atoms with Crippen molar-refractivity contribution in [1.29, 1.82) is 0 Å². The number of benzene rings is 1. The fraction of sp³-hybridized carbons (Fsp3) is 0.188. The third kappa shape index (κ3) is 3.45. The van der Waals surface area contributed by atoms with Crippen molar-refractivity contribution < 1.29 is 14.4 Å². The summed E-state index contributed by atoms with van der Waals surface area (Å²) < 4.78 is 1.95. The van der Waals surface area contributed by atoms with E-state index in [-0.39, 0.29) is 35.9 Å². The Bertz CT molecular complexity index is 710. The van der Waals surface area contributed by atoms with Crippen LogP contribution in [0, 0.1) is 0 Å². The van der Waals surface area contributed by atoms with Gasteiger partial charge in [0, 0.05) is 36.7 Å². The normalized spacial score (nSPS) is 14.3. The van der Waals surface area contributed by atoms with E-state index in [9.17, 15) is 14.4 Å². The van der Waals surface area contributed by atoms with Gasteiger partial charge >= 0.3 is 0 Å². The topological polar surface area (TPSA) is 71.4 Å². The van der Waals surface area contributed by atoms with Crippen molar-refractivity contribution in [2.24, 2.45) is 0 Å². The van der Waals surface area contributed by atoms with Crippen molar-refractivity contribution in [2.45, 2.75) is 0 Å². The summed E-state index contributed by atoms with van der Waals surface area (Å²) in [5, 5.41) is 2.47. The highest BCUT2D eigenvalue weighted by Gasteiger charge is 2.29. The van der Waals surface area contributed by atoms with Gasteiger partial charge < -0.3 is 9.88 Å². The molecule has 1 fully saturated rings. The molecule has 0 saturated carbocycles. The summed E-state index contributed by atoms with van der Waals surface area (Å²) in [6.45, 7) is 0.452. The standard InChI is InChI=1S/C16H15N3O3S/c20-14-11-23-16(22)19(14)10-7-17-15(21)12-3-5-13(6-4-12)18-8-1-2-9-18/h1-6,8-9H,7,10-11H2,(H,17,21). The van der Waals surface area contributed by atoms with Gasteiger partial charge in [-0.3, -0.25) is 19.3 Å². The molecule has 1 aliphatic rings. The van der Waals surface area contributed by atoms with Gasteiger partial charge in [-0.15, -0.1) is 0 Å². The Hall–Kier alpha value is -2.54. The van der Waals surface area contributed by atoms with Crippen molar-refractivity contribution >= 4 is 28.8 Å². The van der Waals surface area contributed by atoms with E-state index < -0.39 is 0 Å². The van der Waals surface area contributed by atoms with Crippen molar-refractivity contribution in [3.63, 3.8) is 0 Å². The monoisotopic (exact) mass is 329 g/mol. The lowest BCUT2D eigenvalue weighted by Gasteiger charge is -2.13. The van der Waals surface area contributed by atoms with E-state index in [2.05, 4.69) is 5.32 Å². The zero-order chi connectivity index (χ0) is 16.2. The van der Waals surface area contributed by atoms with Crippen LogP contribution in [0.1, 0.15) is 10.4 Å². The molecular weight excluding hydrogens is 314 g/mol. The molecule has 23 heavy (non-hydrogen) atoms. The molecule has 1 aromatic heterocycles. The van der Waals surface area contributed by atoms with Crippen molar-refractivity contribution in [1.82, 2.24) is 14.8 Å². The van der Waals surface area contributed by atoms with Gasteiger partial charge in [0.15, 0.2) is 0 Å². The number of carbonyl (C=O) groups is 3. The predicted octanol–water partition coefficient (Wildman–Crippen LogP) is 1.90. The quantitative estimate of drug-likeness (QED) is 0.909. The first-order chi connectivity index (χ1) is 11.1. The summed E-state index contributed by atoms with van der Waals surface area (Å²) in [7, 11) is 0. The Labute approximate surface area is 137 Å². The van der Waals surface area contributed by atoms with E-state index in [0.717, 1.165) is 17.4 Å². The second-order valence-corrected chi connectivity index (χ2v) is 5.92. The Morgan fingerprint density at radius 2 is 1.83 bits per heavy atom. The lowest BCUT2D eigenvalue weighted by atomic mass is 10.2. The highest BCUT2D eigenvalue weighted by Crippen LogP contribution is 2.17. The zero-order valence-corrected chi connectivity index (χ0v) is 13.1. The molecule has 3 amide bonds. The first-order valence-electron chi connectivity index (χ1n) is 7.14. The van der Waals surface area contributed by atoms with Crippen LogP contribution in [0.15, 0.2) is 48.8 Å². The van der Waals surface area contributed by atoms with E-state index in [1.807, 2.05) is 41.2 Å². The molecule has 3 rings (SSSR count). The van der Waals surface area contributed by atoms with Gasteiger partial charge in [-0.2, -0.15) is 0 Å². The van der Waals surface area contributed by atoms with Crippen molar-refractivity contribution in [3.8, 4) is 5.69 Å². The highest BCUT2D eigenvalue weighted by atomic mass is 32.2. The average molecular weight is 329 g/mol. The van der Waals surface area contributed by atoms with Crippen LogP contribution in [0.4, 0.5) is 4.79 Å². The lowest BCUT2D eigenvalue weighted by Crippen LogP contribution is -2.37. The lowest BCUT2D eigenvalue weighted by molar-refractivity contribution is -0.124. The minimum absolute atomic E-state index is 0.188. The Morgan fingerprint density at radius 1 is 1.13 bits per heavy atom. The molecule has 118 valence electrons. The maximum absolute atomic E-state index is 12.1. The first kappa shape index (κ1) is 15.4. The number of hydrogen-bond donors (Lipinski definition) is 1. The van der Waals surface area contributed by atoms with Gasteiger partial charge in [-0.25, -0.2) is 0 Å². The van der Waals surface area contributed by atoms with Crippen LogP contribution >= 0.6 is 11.8 Å². The predicted molar refractivity (Wildman–Crippen MR) is 87.7 cm³/mol. The van der Waals surface area contributed by atoms with Crippen LogP contribution in [0.2, 0.25) is 0 Å². The fourth-order valence-electron chi connectivity index (χ4n) is 2.27. The van der Waals surface area contributed by atoms with Crippen molar-refractivity contribution in [3.05, 3.63) is 54.4 Å². The Kier molecular flexibility index (Phi) is 4.47. The number of amides is 3. The molecule has 1 saturated heterocycles. The van der Waals surface area contributed by atoms with Gasteiger partial charge in [-0.05, 0) is 36.4 Å². The summed E-state index contributed by atoms with van der Waals surface area (Å²) in [5.41, 5.74) is 1.51. The van der Waals surface area contributed by atoms with E-state index in [0.29, 0.717) is 5.56 Å². The largest absolute Gasteiger partial charge is 0.350 e. The molecular formula is C16H15N3O3S. The summed E-state index contributed by atoms with van der Waals surface area (Å²) >= 11 is 0.991. The molecule has 2 aromatic rings. The summed E-state index contributed by atoms with van der Waals surface area (Å²) in [6.07, 6.45) is 3.86. The smallest absolute Gasteiger partial charge is 0.288 e. The number of hydrogen-bond acceptors (Lipinski definition) is 4. The maximum atomic E-state index is 12.1. The molecule has 7 heteroatoms. The molecule has 2 heterocycles. The number of carbonyl (C=O) groups excluding carboxylic acids is 3. The summed E-state index contributed by atoms with van der Waals surface area (Å²) in [5.74, 6) is -0.241. The minimum atomic E-state index is -0.250. The second kappa shape index (κ2) is 6.70. The second-order valence-electron chi connectivity index (χ2n) is 4.99. The van der Waals surface area contributed by atoms with Gasteiger partial charge in [0.2, 0.25) is 5.91 Å². The molecule has 0 spiro atoms. The van der Waals surface area contributed by atoms with Crippen LogP contribution in [0.25, 0.3) is 5.69 Å². The third-order valence-electron chi connectivity index (χ3n) is 3.49.